The molecular weight excluding hydrogens is 148 g/mol. The molecule has 2 heteroatoms. The van der Waals surface area contributed by atoms with E-state index in [1.54, 1.807) is 0 Å². The molecule has 0 aromatic rings. The zero-order valence-electron chi connectivity index (χ0n) is 5.58. The second-order valence-corrected chi connectivity index (χ2v) is 2.91. The highest BCUT2D eigenvalue weighted by atomic mass is 32.1. The molecule has 0 aromatic carbocycles. The van der Waals surface area contributed by atoms with E-state index in [0.717, 1.165) is 24.3 Å². The largest absolute Gasteiger partial charge is 0.179 e. The van der Waals surface area contributed by atoms with Crippen LogP contribution in [0, 0.1) is 5.92 Å². The van der Waals surface area contributed by atoms with Crippen LogP contribution in [0.15, 0.2) is 12.7 Å². The van der Waals surface area contributed by atoms with Crippen LogP contribution in [0.5, 0.6) is 0 Å². The van der Waals surface area contributed by atoms with E-state index < -0.39 is 0 Å². The zero-order valence-corrected chi connectivity index (χ0v) is 7.37. The fourth-order valence-electron chi connectivity index (χ4n) is 0.712. The van der Waals surface area contributed by atoms with Crippen LogP contribution < -0.4 is 0 Å². The number of hydrogen-bond acceptors (Lipinski definition) is 2. The Morgan fingerprint density at radius 2 is 1.67 bits per heavy atom. The molecule has 0 fully saturated rings. The van der Waals surface area contributed by atoms with Gasteiger partial charge < -0.3 is 0 Å². The van der Waals surface area contributed by atoms with Gasteiger partial charge in [0.1, 0.15) is 0 Å². The molecule has 0 aliphatic heterocycles. The lowest BCUT2D eigenvalue weighted by Crippen LogP contribution is -1.97. The Bertz CT molecular complexity index is 65.3. The minimum Gasteiger partial charge on any atom is -0.179 e. The fourth-order valence-corrected chi connectivity index (χ4v) is 1.37. The third kappa shape index (κ3) is 4.91. The van der Waals surface area contributed by atoms with Crippen molar-refractivity contribution in [3.8, 4) is 0 Å². The van der Waals surface area contributed by atoms with Crippen molar-refractivity contribution in [2.75, 3.05) is 11.5 Å². The standard InChI is InChI=1S/C7H14S2/c1-2-7(3-5-8)4-6-9/h2,7-9H,1,3-6H2. The lowest BCUT2D eigenvalue weighted by molar-refractivity contribution is 0.620. The van der Waals surface area contributed by atoms with Crippen LogP contribution in [0.3, 0.4) is 0 Å². The van der Waals surface area contributed by atoms with Gasteiger partial charge in [0.25, 0.3) is 0 Å². The molecule has 0 unspecified atom stereocenters. The maximum atomic E-state index is 4.13. The average Bonchev–Trinajstić information content (AvgIpc) is 1.88. The van der Waals surface area contributed by atoms with Crippen LogP contribution >= 0.6 is 25.3 Å². The lowest BCUT2D eigenvalue weighted by atomic mass is 10.0. The fraction of sp³-hybridized carbons (Fsp3) is 0.714. The van der Waals surface area contributed by atoms with Gasteiger partial charge in [-0.1, -0.05) is 6.08 Å². The molecule has 0 bridgehead atoms. The maximum absolute atomic E-state index is 4.13. The van der Waals surface area contributed by atoms with Crippen molar-refractivity contribution >= 4 is 25.3 Å². The molecule has 0 saturated heterocycles. The van der Waals surface area contributed by atoms with Crippen LogP contribution in [0.1, 0.15) is 12.8 Å². The molecule has 0 nitrogen and oxygen atoms in total. The molecule has 0 spiro atoms. The first-order valence-electron chi connectivity index (χ1n) is 3.19. The Hall–Kier alpha value is 0.440. The summed E-state index contributed by atoms with van der Waals surface area (Å²) in [7, 11) is 0. The summed E-state index contributed by atoms with van der Waals surface area (Å²) >= 11 is 8.27. The molecular formula is C7H14S2. The van der Waals surface area contributed by atoms with Crippen molar-refractivity contribution in [2.45, 2.75) is 12.8 Å². The van der Waals surface area contributed by atoms with E-state index in [9.17, 15) is 0 Å². The third-order valence-electron chi connectivity index (χ3n) is 1.33. The molecule has 0 aliphatic rings. The quantitative estimate of drug-likeness (QED) is 0.450. The first-order valence-corrected chi connectivity index (χ1v) is 4.46. The van der Waals surface area contributed by atoms with Crippen molar-refractivity contribution in [3.63, 3.8) is 0 Å². The van der Waals surface area contributed by atoms with Crippen LogP contribution in [0.2, 0.25) is 0 Å². The molecule has 9 heavy (non-hydrogen) atoms. The van der Waals surface area contributed by atoms with E-state index in [2.05, 4.69) is 31.8 Å². The predicted molar refractivity (Wildman–Crippen MR) is 50.6 cm³/mol. The summed E-state index contributed by atoms with van der Waals surface area (Å²) < 4.78 is 0. The lowest BCUT2D eigenvalue weighted by Gasteiger charge is -2.06. The normalized spacial score (nSPS) is 10.1. The van der Waals surface area contributed by atoms with Crippen molar-refractivity contribution in [1.82, 2.24) is 0 Å². The summed E-state index contributed by atoms with van der Waals surface area (Å²) in [5.41, 5.74) is 0. The van der Waals surface area contributed by atoms with Gasteiger partial charge in [0.2, 0.25) is 0 Å². The molecule has 0 N–H and O–H groups in total. The van der Waals surface area contributed by atoms with Gasteiger partial charge in [-0.2, -0.15) is 25.3 Å². The van der Waals surface area contributed by atoms with E-state index in [4.69, 9.17) is 0 Å². The molecule has 0 rings (SSSR count). The van der Waals surface area contributed by atoms with Crippen molar-refractivity contribution in [3.05, 3.63) is 12.7 Å². The number of thiol groups is 2. The van der Waals surface area contributed by atoms with Gasteiger partial charge in [-0.15, -0.1) is 6.58 Å². The summed E-state index contributed by atoms with van der Waals surface area (Å²) in [6.07, 6.45) is 4.26. The summed E-state index contributed by atoms with van der Waals surface area (Å²) in [5.74, 6) is 2.52. The smallest absolute Gasteiger partial charge is 0.00923 e. The molecule has 0 saturated carbocycles. The Labute approximate surface area is 68.5 Å². The molecule has 54 valence electrons. The second kappa shape index (κ2) is 6.56. The molecule has 0 atom stereocenters. The summed E-state index contributed by atoms with van der Waals surface area (Å²) in [4.78, 5) is 0. The molecule has 0 radical (unpaired) electrons. The Morgan fingerprint density at radius 3 is 1.89 bits per heavy atom. The molecule has 0 aliphatic carbocycles. The minimum absolute atomic E-state index is 0.625. The topological polar surface area (TPSA) is 0 Å². The van der Waals surface area contributed by atoms with Gasteiger partial charge in [0.05, 0.1) is 0 Å². The van der Waals surface area contributed by atoms with Gasteiger partial charge >= 0.3 is 0 Å². The number of rotatable bonds is 5. The van der Waals surface area contributed by atoms with E-state index in [-0.39, 0.29) is 0 Å². The van der Waals surface area contributed by atoms with E-state index in [1.165, 1.54) is 0 Å². The van der Waals surface area contributed by atoms with Gasteiger partial charge in [0.15, 0.2) is 0 Å². The van der Waals surface area contributed by atoms with Gasteiger partial charge in [0, 0.05) is 0 Å². The molecule has 0 aromatic heterocycles. The van der Waals surface area contributed by atoms with Crippen molar-refractivity contribution in [1.29, 1.82) is 0 Å². The Morgan fingerprint density at radius 1 is 1.22 bits per heavy atom. The van der Waals surface area contributed by atoms with E-state index in [0.29, 0.717) is 5.92 Å². The van der Waals surface area contributed by atoms with Gasteiger partial charge in [-0.25, -0.2) is 0 Å². The molecule has 0 heterocycles. The highest BCUT2D eigenvalue weighted by Crippen LogP contribution is 2.10. The van der Waals surface area contributed by atoms with Crippen LogP contribution in [-0.4, -0.2) is 11.5 Å². The average molecular weight is 162 g/mol. The Kier molecular flexibility index (Phi) is 6.88. The SMILES string of the molecule is C=CC(CCS)CCS. The Balaban J connectivity index is 3.29. The van der Waals surface area contributed by atoms with E-state index >= 15 is 0 Å². The van der Waals surface area contributed by atoms with Crippen LogP contribution in [0.25, 0.3) is 0 Å². The third-order valence-corrected chi connectivity index (χ3v) is 1.85. The summed E-state index contributed by atoms with van der Waals surface area (Å²) in [6.45, 7) is 3.73. The first-order chi connectivity index (χ1) is 4.35. The van der Waals surface area contributed by atoms with Crippen LogP contribution in [-0.2, 0) is 0 Å². The first kappa shape index (κ1) is 9.44. The highest BCUT2D eigenvalue weighted by Gasteiger charge is 1.99. The van der Waals surface area contributed by atoms with Gasteiger partial charge in [-0.3, -0.25) is 0 Å². The number of hydrogen-bond donors (Lipinski definition) is 2. The van der Waals surface area contributed by atoms with E-state index in [1.807, 2.05) is 6.08 Å². The van der Waals surface area contributed by atoms with Gasteiger partial charge in [-0.05, 0) is 30.3 Å². The van der Waals surface area contributed by atoms with Crippen molar-refractivity contribution < 1.29 is 0 Å². The minimum atomic E-state index is 0.625. The van der Waals surface area contributed by atoms with Crippen LogP contribution in [0.4, 0.5) is 0 Å². The molecule has 0 amide bonds. The zero-order chi connectivity index (χ0) is 7.11. The van der Waals surface area contributed by atoms with Crippen molar-refractivity contribution in [2.24, 2.45) is 5.92 Å². The monoisotopic (exact) mass is 162 g/mol. The maximum Gasteiger partial charge on any atom is -0.00923 e. The summed E-state index contributed by atoms with van der Waals surface area (Å²) in [6, 6.07) is 0. The second-order valence-electron chi connectivity index (χ2n) is 2.02. The summed E-state index contributed by atoms with van der Waals surface area (Å²) in [5, 5.41) is 0. The highest BCUT2D eigenvalue weighted by molar-refractivity contribution is 7.80. The predicted octanol–water partition coefficient (Wildman–Crippen LogP) is 2.43. The number of allylic oxidation sites excluding steroid dienone is 1.